The Kier molecular flexibility index (Phi) is 3.04. The zero-order valence-corrected chi connectivity index (χ0v) is 10.8. The predicted octanol–water partition coefficient (Wildman–Crippen LogP) is 2.52. The largest absolute Gasteiger partial charge is 0.324 e. The molecule has 1 aromatic rings. The molecule has 0 radical (unpaired) electrons. The molecule has 0 bridgehead atoms. The second-order valence-corrected chi connectivity index (χ2v) is 5.43. The Bertz CT molecular complexity index is 396. The Morgan fingerprint density at radius 3 is 2.50 bits per heavy atom. The molecule has 1 unspecified atom stereocenters. The van der Waals surface area contributed by atoms with E-state index in [1.165, 1.54) is 0 Å². The summed E-state index contributed by atoms with van der Waals surface area (Å²) in [5.41, 5.74) is 6.06. The molecule has 1 aliphatic carbocycles. The SMILES string of the molecule is CC(N)(C(=O)Nc1ccc(Br)cc1)C1CC1. The van der Waals surface area contributed by atoms with E-state index >= 15 is 0 Å². The van der Waals surface area contributed by atoms with E-state index in [2.05, 4.69) is 21.2 Å². The van der Waals surface area contributed by atoms with Gasteiger partial charge in [-0.25, -0.2) is 0 Å². The van der Waals surface area contributed by atoms with Gasteiger partial charge in [0, 0.05) is 10.2 Å². The molecule has 3 N–H and O–H groups in total. The van der Waals surface area contributed by atoms with Crippen LogP contribution in [0.2, 0.25) is 0 Å². The van der Waals surface area contributed by atoms with E-state index in [1.54, 1.807) is 6.92 Å². The molecule has 1 aromatic carbocycles. The van der Waals surface area contributed by atoms with Crippen LogP contribution in [0.25, 0.3) is 0 Å². The van der Waals surface area contributed by atoms with E-state index in [0.29, 0.717) is 5.92 Å². The van der Waals surface area contributed by atoms with Crippen LogP contribution >= 0.6 is 15.9 Å². The van der Waals surface area contributed by atoms with Crippen LogP contribution < -0.4 is 11.1 Å². The third-order valence-electron chi connectivity index (χ3n) is 3.02. The van der Waals surface area contributed by atoms with Crippen molar-refractivity contribution < 1.29 is 4.79 Å². The summed E-state index contributed by atoms with van der Waals surface area (Å²) < 4.78 is 0.989. The second kappa shape index (κ2) is 4.18. The van der Waals surface area contributed by atoms with Crippen molar-refractivity contribution in [2.45, 2.75) is 25.3 Å². The maximum Gasteiger partial charge on any atom is 0.244 e. The minimum absolute atomic E-state index is 0.0997. The van der Waals surface area contributed by atoms with Gasteiger partial charge in [-0.2, -0.15) is 0 Å². The van der Waals surface area contributed by atoms with Crippen molar-refractivity contribution in [1.29, 1.82) is 0 Å². The Morgan fingerprint density at radius 1 is 1.44 bits per heavy atom. The molecule has 2 rings (SSSR count). The lowest BCUT2D eigenvalue weighted by molar-refractivity contribution is -0.121. The maximum atomic E-state index is 12.0. The molecule has 0 aliphatic heterocycles. The van der Waals surface area contributed by atoms with Crippen molar-refractivity contribution in [3.05, 3.63) is 28.7 Å². The Balaban J connectivity index is 2.04. The zero-order valence-electron chi connectivity index (χ0n) is 9.16. The van der Waals surface area contributed by atoms with Crippen LogP contribution in [0, 0.1) is 5.92 Å². The number of amides is 1. The van der Waals surface area contributed by atoms with Crippen molar-refractivity contribution in [3.8, 4) is 0 Å². The maximum absolute atomic E-state index is 12.0. The average Bonchev–Trinajstić information content (AvgIpc) is 3.05. The highest BCUT2D eigenvalue weighted by Crippen LogP contribution is 2.38. The Hall–Kier alpha value is -0.870. The molecule has 4 heteroatoms. The highest BCUT2D eigenvalue weighted by molar-refractivity contribution is 9.10. The van der Waals surface area contributed by atoms with Gasteiger partial charge in [0.1, 0.15) is 0 Å². The highest BCUT2D eigenvalue weighted by atomic mass is 79.9. The number of benzene rings is 1. The monoisotopic (exact) mass is 282 g/mol. The van der Waals surface area contributed by atoms with E-state index in [0.717, 1.165) is 23.0 Å². The first kappa shape index (κ1) is 11.6. The van der Waals surface area contributed by atoms with Crippen molar-refractivity contribution >= 4 is 27.5 Å². The van der Waals surface area contributed by atoms with E-state index in [9.17, 15) is 4.79 Å². The van der Waals surface area contributed by atoms with E-state index in [-0.39, 0.29) is 5.91 Å². The van der Waals surface area contributed by atoms with Crippen LogP contribution in [0.3, 0.4) is 0 Å². The van der Waals surface area contributed by atoms with Crippen LogP contribution in [0.1, 0.15) is 19.8 Å². The summed E-state index contributed by atoms with van der Waals surface area (Å²) in [7, 11) is 0. The lowest BCUT2D eigenvalue weighted by Gasteiger charge is -2.23. The van der Waals surface area contributed by atoms with Crippen LogP contribution in [0.4, 0.5) is 5.69 Å². The summed E-state index contributed by atoms with van der Waals surface area (Å²) in [6.07, 6.45) is 2.11. The third kappa shape index (κ3) is 2.44. The van der Waals surface area contributed by atoms with Gasteiger partial charge in [-0.05, 0) is 49.9 Å². The van der Waals surface area contributed by atoms with Crippen LogP contribution in [-0.4, -0.2) is 11.4 Å². The van der Waals surface area contributed by atoms with E-state index < -0.39 is 5.54 Å². The molecule has 1 fully saturated rings. The lowest BCUT2D eigenvalue weighted by Crippen LogP contribution is -2.50. The van der Waals surface area contributed by atoms with Gasteiger partial charge in [-0.1, -0.05) is 15.9 Å². The number of hydrogen-bond acceptors (Lipinski definition) is 2. The fourth-order valence-electron chi connectivity index (χ4n) is 1.67. The van der Waals surface area contributed by atoms with E-state index in [1.807, 2.05) is 24.3 Å². The van der Waals surface area contributed by atoms with Gasteiger partial charge in [-0.3, -0.25) is 4.79 Å². The quantitative estimate of drug-likeness (QED) is 0.895. The van der Waals surface area contributed by atoms with Gasteiger partial charge in [0.2, 0.25) is 5.91 Å². The summed E-state index contributed by atoms with van der Waals surface area (Å²) in [4.78, 5) is 12.0. The van der Waals surface area contributed by atoms with Crippen molar-refractivity contribution in [2.75, 3.05) is 5.32 Å². The number of anilines is 1. The lowest BCUT2D eigenvalue weighted by atomic mass is 9.96. The fourth-order valence-corrected chi connectivity index (χ4v) is 1.93. The topological polar surface area (TPSA) is 55.1 Å². The summed E-state index contributed by atoms with van der Waals surface area (Å²) in [6.45, 7) is 1.80. The normalized spacial score (nSPS) is 18.9. The smallest absolute Gasteiger partial charge is 0.244 e. The van der Waals surface area contributed by atoms with Gasteiger partial charge in [0.05, 0.1) is 5.54 Å². The number of rotatable bonds is 3. The molecule has 3 nitrogen and oxygen atoms in total. The van der Waals surface area contributed by atoms with Crippen molar-refractivity contribution in [3.63, 3.8) is 0 Å². The standard InChI is InChI=1S/C12H15BrN2O/c1-12(14,8-2-3-8)11(16)15-10-6-4-9(13)5-7-10/h4-8H,2-3,14H2,1H3,(H,15,16). The van der Waals surface area contributed by atoms with Crippen molar-refractivity contribution in [1.82, 2.24) is 0 Å². The molecule has 1 aliphatic rings. The number of hydrogen-bond donors (Lipinski definition) is 2. The van der Waals surface area contributed by atoms with E-state index in [4.69, 9.17) is 5.73 Å². The predicted molar refractivity (Wildman–Crippen MR) is 68.1 cm³/mol. The molecule has 0 saturated heterocycles. The second-order valence-electron chi connectivity index (χ2n) is 4.52. The number of carbonyl (C=O) groups is 1. The minimum Gasteiger partial charge on any atom is -0.324 e. The zero-order chi connectivity index (χ0) is 11.8. The molecule has 0 aromatic heterocycles. The first-order chi connectivity index (χ1) is 7.50. The fraction of sp³-hybridized carbons (Fsp3) is 0.417. The van der Waals surface area contributed by atoms with Crippen LogP contribution in [-0.2, 0) is 4.79 Å². The van der Waals surface area contributed by atoms with Crippen LogP contribution in [0.5, 0.6) is 0 Å². The summed E-state index contributed by atoms with van der Waals surface area (Å²) in [6, 6.07) is 7.48. The van der Waals surface area contributed by atoms with Crippen molar-refractivity contribution in [2.24, 2.45) is 11.7 Å². The van der Waals surface area contributed by atoms with Crippen LogP contribution in [0.15, 0.2) is 28.7 Å². The van der Waals surface area contributed by atoms with Gasteiger partial charge in [0.15, 0.2) is 0 Å². The van der Waals surface area contributed by atoms with Gasteiger partial charge >= 0.3 is 0 Å². The Morgan fingerprint density at radius 2 is 2.00 bits per heavy atom. The summed E-state index contributed by atoms with van der Waals surface area (Å²) >= 11 is 3.35. The molecule has 1 amide bonds. The molecule has 16 heavy (non-hydrogen) atoms. The molecule has 0 heterocycles. The third-order valence-corrected chi connectivity index (χ3v) is 3.55. The first-order valence-electron chi connectivity index (χ1n) is 5.36. The molecule has 1 saturated carbocycles. The molecule has 86 valence electrons. The van der Waals surface area contributed by atoms with Gasteiger partial charge < -0.3 is 11.1 Å². The Labute approximate surface area is 104 Å². The number of nitrogens with two attached hydrogens (primary N) is 1. The first-order valence-corrected chi connectivity index (χ1v) is 6.15. The number of nitrogens with one attached hydrogen (secondary N) is 1. The van der Waals surface area contributed by atoms with Gasteiger partial charge in [-0.15, -0.1) is 0 Å². The number of carbonyl (C=O) groups excluding carboxylic acids is 1. The molecular weight excluding hydrogens is 268 g/mol. The summed E-state index contributed by atoms with van der Waals surface area (Å²) in [5, 5.41) is 2.85. The highest BCUT2D eigenvalue weighted by Gasteiger charge is 2.43. The minimum atomic E-state index is -0.743. The van der Waals surface area contributed by atoms with Gasteiger partial charge in [0.25, 0.3) is 0 Å². The average molecular weight is 283 g/mol. The molecule has 1 atom stereocenters. The number of halogens is 1. The molecular formula is C12H15BrN2O. The summed E-state index contributed by atoms with van der Waals surface area (Å²) in [5.74, 6) is 0.236. The molecule has 0 spiro atoms.